The van der Waals surface area contributed by atoms with Crippen LogP contribution in [0.25, 0.3) is 10.2 Å². The summed E-state index contributed by atoms with van der Waals surface area (Å²) in [5.41, 5.74) is 0.560. The van der Waals surface area contributed by atoms with Gasteiger partial charge in [-0.1, -0.05) is 11.8 Å². The third-order valence-corrected chi connectivity index (χ3v) is 4.82. The minimum atomic E-state index is -0.916. The van der Waals surface area contributed by atoms with E-state index in [2.05, 4.69) is 4.98 Å². The van der Waals surface area contributed by atoms with Gasteiger partial charge in [0, 0.05) is 12.3 Å². The van der Waals surface area contributed by atoms with Gasteiger partial charge in [0.2, 0.25) is 0 Å². The van der Waals surface area contributed by atoms with E-state index in [-0.39, 0.29) is 11.3 Å². The Kier molecular flexibility index (Phi) is 4.89. The lowest BCUT2D eigenvalue weighted by Crippen LogP contribution is -2.24. The number of hydrogen-bond acceptors (Lipinski definition) is 6. The standard InChI is InChI=1S/C11H12N2O3S3/c1-17-5-3-13-10(16)9-7(2-4-18-9)12-11(13)19-6-8(14)15/h2,4H,3,5-6H2,1H3,(H,14,15). The summed E-state index contributed by atoms with van der Waals surface area (Å²) in [6.07, 6.45) is 1.96. The van der Waals surface area contributed by atoms with Crippen molar-refractivity contribution in [2.24, 2.45) is 0 Å². The largest absolute Gasteiger partial charge is 0.481 e. The molecular formula is C11H12N2O3S3. The summed E-state index contributed by atoms with van der Waals surface area (Å²) in [7, 11) is 0. The van der Waals surface area contributed by atoms with Crippen molar-refractivity contribution in [2.75, 3.05) is 17.8 Å². The second kappa shape index (κ2) is 6.44. The molecule has 0 fully saturated rings. The van der Waals surface area contributed by atoms with E-state index < -0.39 is 5.97 Å². The highest BCUT2D eigenvalue weighted by Crippen LogP contribution is 2.20. The third kappa shape index (κ3) is 3.31. The SMILES string of the molecule is CSCCn1c(SCC(=O)O)nc2ccsc2c1=O. The van der Waals surface area contributed by atoms with Crippen LogP contribution in [0.4, 0.5) is 0 Å². The zero-order valence-corrected chi connectivity index (χ0v) is 12.6. The molecule has 0 aliphatic carbocycles. The number of hydrogen-bond donors (Lipinski definition) is 1. The number of rotatable bonds is 6. The van der Waals surface area contributed by atoms with Gasteiger partial charge in [0.25, 0.3) is 5.56 Å². The average Bonchev–Trinajstić information content (AvgIpc) is 2.84. The molecule has 2 heterocycles. The normalized spacial score (nSPS) is 11.0. The van der Waals surface area contributed by atoms with Crippen LogP contribution in [0.15, 0.2) is 21.4 Å². The predicted octanol–water partition coefficient (Wildman–Crippen LogP) is 2.00. The van der Waals surface area contributed by atoms with Crippen LogP contribution in [0.2, 0.25) is 0 Å². The second-order valence-electron chi connectivity index (χ2n) is 3.66. The second-order valence-corrected chi connectivity index (χ2v) is 6.51. The Morgan fingerprint density at radius 1 is 1.58 bits per heavy atom. The lowest BCUT2D eigenvalue weighted by molar-refractivity contribution is -0.133. The first-order valence-corrected chi connectivity index (χ1v) is 8.71. The summed E-state index contributed by atoms with van der Waals surface area (Å²) in [5, 5.41) is 11.0. The predicted molar refractivity (Wildman–Crippen MR) is 80.6 cm³/mol. The maximum absolute atomic E-state index is 12.3. The number of thiophene rings is 1. The monoisotopic (exact) mass is 316 g/mol. The number of carbonyl (C=O) groups is 1. The van der Waals surface area contributed by atoms with E-state index in [4.69, 9.17) is 5.11 Å². The van der Waals surface area contributed by atoms with Crippen LogP contribution in [0.5, 0.6) is 0 Å². The first-order valence-electron chi connectivity index (χ1n) is 5.45. The van der Waals surface area contributed by atoms with E-state index in [1.54, 1.807) is 22.4 Å². The number of thioether (sulfide) groups is 2. The van der Waals surface area contributed by atoms with E-state index in [1.807, 2.05) is 11.6 Å². The van der Waals surface area contributed by atoms with Gasteiger partial charge in [-0.15, -0.1) is 11.3 Å². The Hall–Kier alpha value is -0.990. The Bertz CT molecular complexity index is 650. The fourth-order valence-electron chi connectivity index (χ4n) is 1.54. The van der Waals surface area contributed by atoms with Gasteiger partial charge < -0.3 is 5.11 Å². The highest BCUT2D eigenvalue weighted by atomic mass is 32.2. The van der Waals surface area contributed by atoms with Crippen LogP contribution < -0.4 is 5.56 Å². The van der Waals surface area contributed by atoms with Gasteiger partial charge in [-0.2, -0.15) is 11.8 Å². The molecule has 1 N–H and O–H groups in total. The van der Waals surface area contributed by atoms with Crippen LogP contribution in [0.1, 0.15) is 0 Å². The van der Waals surface area contributed by atoms with Crippen molar-refractivity contribution in [3.63, 3.8) is 0 Å². The molecule has 0 bridgehead atoms. The molecule has 2 rings (SSSR count). The Balaban J connectivity index is 2.45. The van der Waals surface area contributed by atoms with E-state index in [0.717, 1.165) is 17.5 Å². The third-order valence-electron chi connectivity index (χ3n) is 2.37. The zero-order chi connectivity index (χ0) is 13.8. The molecule has 0 atom stereocenters. The maximum atomic E-state index is 12.3. The van der Waals surface area contributed by atoms with Gasteiger partial charge in [0.15, 0.2) is 5.16 Å². The Labute approximate surface area is 122 Å². The van der Waals surface area contributed by atoms with Crippen LogP contribution >= 0.6 is 34.9 Å². The summed E-state index contributed by atoms with van der Waals surface area (Å²) in [4.78, 5) is 27.4. The molecule has 8 heteroatoms. The minimum absolute atomic E-state index is 0.0815. The van der Waals surface area contributed by atoms with Crippen molar-refractivity contribution >= 4 is 51.0 Å². The summed E-state index contributed by atoms with van der Waals surface area (Å²) >= 11 is 4.09. The summed E-state index contributed by atoms with van der Waals surface area (Å²) in [5.74, 6) is -0.221. The highest BCUT2D eigenvalue weighted by molar-refractivity contribution is 7.99. The fraction of sp³-hybridized carbons (Fsp3) is 0.364. The molecule has 2 aromatic heterocycles. The van der Waals surface area contributed by atoms with Crippen molar-refractivity contribution in [1.82, 2.24) is 9.55 Å². The van der Waals surface area contributed by atoms with Crippen molar-refractivity contribution in [3.8, 4) is 0 Å². The van der Waals surface area contributed by atoms with Crippen LogP contribution in [0, 0.1) is 0 Å². The van der Waals surface area contributed by atoms with E-state index in [1.165, 1.54) is 11.3 Å². The van der Waals surface area contributed by atoms with Crippen molar-refractivity contribution in [2.45, 2.75) is 11.7 Å². The van der Waals surface area contributed by atoms with E-state index >= 15 is 0 Å². The number of aliphatic carboxylic acids is 1. The van der Waals surface area contributed by atoms with Gasteiger partial charge in [-0.05, 0) is 17.7 Å². The molecule has 0 amide bonds. The molecular weight excluding hydrogens is 304 g/mol. The van der Waals surface area contributed by atoms with Crippen molar-refractivity contribution in [3.05, 3.63) is 21.8 Å². The van der Waals surface area contributed by atoms with Crippen LogP contribution in [-0.4, -0.2) is 38.4 Å². The molecule has 0 radical (unpaired) electrons. The molecule has 0 unspecified atom stereocenters. The molecule has 0 aromatic carbocycles. The maximum Gasteiger partial charge on any atom is 0.313 e. The zero-order valence-electron chi connectivity index (χ0n) is 10.2. The van der Waals surface area contributed by atoms with Gasteiger partial charge in [0.05, 0.1) is 11.3 Å². The van der Waals surface area contributed by atoms with Crippen molar-refractivity contribution in [1.29, 1.82) is 0 Å². The smallest absolute Gasteiger partial charge is 0.313 e. The summed E-state index contributed by atoms with van der Waals surface area (Å²) in [6.45, 7) is 0.544. The number of fused-ring (bicyclic) bond motifs is 1. The first-order chi connectivity index (χ1) is 9.13. The molecule has 0 spiro atoms. The topological polar surface area (TPSA) is 72.2 Å². The minimum Gasteiger partial charge on any atom is -0.481 e. The van der Waals surface area contributed by atoms with Gasteiger partial charge in [-0.25, -0.2) is 4.98 Å². The van der Waals surface area contributed by atoms with Crippen molar-refractivity contribution < 1.29 is 9.90 Å². The van der Waals surface area contributed by atoms with Crippen LogP contribution in [0.3, 0.4) is 0 Å². The van der Waals surface area contributed by atoms with Crippen LogP contribution in [-0.2, 0) is 11.3 Å². The number of carboxylic acids is 1. The summed E-state index contributed by atoms with van der Waals surface area (Å²) in [6, 6.07) is 1.78. The quantitative estimate of drug-likeness (QED) is 0.649. The Morgan fingerprint density at radius 2 is 2.37 bits per heavy atom. The summed E-state index contributed by atoms with van der Waals surface area (Å²) < 4.78 is 2.20. The molecule has 5 nitrogen and oxygen atoms in total. The average molecular weight is 316 g/mol. The Morgan fingerprint density at radius 3 is 3.05 bits per heavy atom. The lowest BCUT2D eigenvalue weighted by Gasteiger charge is -2.10. The molecule has 102 valence electrons. The van der Waals surface area contributed by atoms with Gasteiger partial charge in [-0.3, -0.25) is 14.2 Å². The molecule has 0 saturated carbocycles. The van der Waals surface area contributed by atoms with E-state index in [9.17, 15) is 9.59 Å². The highest BCUT2D eigenvalue weighted by Gasteiger charge is 2.13. The molecule has 0 aliphatic heterocycles. The number of nitrogens with zero attached hydrogens (tertiary/aromatic N) is 2. The van der Waals surface area contributed by atoms with Gasteiger partial charge in [0.1, 0.15) is 4.70 Å². The molecule has 0 saturated heterocycles. The fourth-order valence-corrected chi connectivity index (χ4v) is 3.43. The molecule has 2 aromatic rings. The number of carboxylic acid groups (broad SMARTS) is 1. The lowest BCUT2D eigenvalue weighted by atomic mass is 10.4. The molecule has 19 heavy (non-hydrogen) atoms. The van der Waals surface area contributed by atoms with E-state index in [0.29, 0.717) is 21.9 Å². The van der Waals surface area contributed by atoms with Gasteiger partial charge >= 0.3 is 5.97 Å². The first kappa shape index (κ1) is 14.4. The molecule has 0 aliphatic rings. The number of aromatic nitrogens is 2.